The summed E-state index contributed by atoms with van der Waals surface area (Å²) in [5, 5.41) is 11.3. The first-order valence-electron chi connectivity index (χ1n) is 9.37. The van der Waals surface area contributed by atoms with Crippen LogP contribution in [0.25, 0.3) is 0 Å². The van der Waals surface area contributed by atoms with E-state index < -0.39 is 14.9 Å². The maximum atomic E-state index is 13.3. The molecule has 0 amide bonds. The minimum absolute atomic E-state index is 0.0769. The number of nitro groups is 1. The van der Waals surface area contributed by atoms with Crippen LogP contribution in [0.4, 0.5) is 11.4 Å². The molecule has 1 aromatic rings. The fourth-order valence-electron chi connectivity index (χ4n) is 3.56. The SMILES string of the molecule is CCCN(CCC)c1c(C)cc([N+](=O)[O-])cc1S(=O)(=O)N1CCCCC1. The van der Waals surface area contributed by atoms with Gasteiger partial charge in [0.2, 0.25) is 10.0 Å². The van der Waals surface area contributed by atoms with Gasteiger partial charge >= 0.3 is 0 Å². The molecule has 0 aliphatic carbocycles. The second-order valence-corrected chi connectivity index (χ2v) is 8.72. The largest absolute Gasteiger partial charge is 0.370 e. The van der Waals surface area contributed by atoms with Crippen LogP contribution >= 0.6 is 0 Å². The Morgan fingerprint density at radius 1 is 1.12 bits per heavy atom. The highest BCUT2D eigenvalue weighted by molar-refractivity contribution is 7.89. The molecule has 0 bridgehead atoms. The Kier molecular flexibility index (Phi) is 7.00. The minimum Gasteiger partial charge on any atom is -0.370 e. The third-order valence-corrected chi connectivity index (χ3v) is 6.61. The average Bonchev–Trinajstić information content (AvgIpc) is 2.61. The molecule has 0 aromatic heterocycles. The van der Waals surface area contributed by atoms with E-state index in [1.54, 1.807) is 6.92 Å². The van der Waals surface area contributed by atoms with Gasteiger partial charge < -0.3 is 4.90 Å². The molecular formula is C18H29N3O4S. The Balaban J connectivity index is 2.64. The van der Waals surface area contributed by atoms with Crippen LogP contribution in [-0.2, 0) is 10.0 Å². The van der Waals surface area contributed by atoms with Gasteiger partial charge in [0.1, 0.15) is 4.90 Å². The van der Waals surface area contributed by atoms with Crippen LogP contribution in [0.5, 0.6) is 0 Å². The zero-order chi connectivity index (χ0) is 19.3. The van der Waals surface area contributed by atoms with Gasteiger partial charge in [0.25, 0.3) is 5.69 Å². The lowest BCUT2D eigenvalue weighted by Gasteiger charge is -2.31. The number of nitro benzene ring substituents is 1. The van der Waals surface area contributed by atoms with Crippen molar-refractivity contribution in [2.45, 2.75) is 57.8 Å². The molecule has 0 unspecified atom stereocenters. The summed E-state index contributed by atoms with van der Waals surface area (Å²) in [6.45, 7) is 8.24. The predicted molar refractivity (Wildman–Crippen MR) is 103 cm³/mol. The fourth-order valence-corrected chi connectivity index (χ4v) is 5.38. The number of benzene rings is 1. The van der Waals surface area contributed by atoms with Crippen molar-refractivity contribution in [1.29, 1.82) is 0 Å². The van der Waals surface area contributed by atoms with Crippen LogP contribution in [-0.4, -0.2) is 43.8 Å². The highest BCUT2D eigenvalue weighted by Crippen LogP contribution is 2.36. The standard InChI is InChI=1S/C18H29N3O4S/c1-4-9-19(10-5-2)18-15(3)13-16(21(22)23)14-17(18)26(24,25)20-11-7-6-8-12-20/h13-14H,4-12H2,1-3H3. The molecule has 1 aromatic carbocycles. The van der Waals surface area contributed by atoms with E-state index >= 15 is 0 Å². The van der Waals surface area contributed by atoms with E-state index in [9.17, 15) is 18.5 Å². The van der Waals surface area contributed by atoms with Crippen molar-refractivity contribution in [3.8, 4) is 0 Å². The molecule has 1 saturated heterocycles. The van der Waals surface area contributed by atoms with Gasteiger partial charge in [0.05, 0.1) is 10.6 Å². The number of non-ortho nitro benzene ring substituents is 1. The van der Waals surface area contributed by atoms with Gasteiger partial charge in [-0.3, -0.25) is 10.1 Å². The van der Waals surface area contributed by atoms with E-state index in [-0.39, 0.29) is 10.6 Å². The van der Waals surface area contributed by atoms with Crippen molar-refractivity contribution in [3.63, 3.8) is 0 Å². The summed E-state index contributed by atoms with van der Waals surface area (Å²) in [4.78, 5) is 12.9. The zero-order valence-corrected chi connectivity index (χ0v) is 16.7. The number of anilines is 1. The first-order chi connectivity index (χ1) is 12.3. The molecule has 146 valence electrons. The molecule has 1 heterocycles. The smallest absolute Gasteiger partial charge is 0.271 e. The summed E-state index contributed by atoms with van der Waals surface area (Å²) in [5.74, 6) is 0. The first kappa shape index (κ1) is 20.6. The van der Waals surface area contributed by atoms with Gasteiger partial charge in [0.15, 0.2) is 0 Å². The lowest BCUT2D eigenvalue weighted by atomic mass is 10.1. The van der Waals surface area contributed by atoms with E-state index in [0.717, 1.165) is 45.2 Å². The van der Waals surface area contributed by atoms with Gasteiger partial charge in [0, 0.05) is 38.3 Å². The van der Waals surface area contributed by atoms with Crippen molar-refractivity contribution >= 4 is 21.4 Å². The van der Waals surface area contributed by atoms with Crippen LogP contribution < -0.4 is 4.90 Å². The number of rotatable bonds is 8. The molecule has 8 heteroatoms. The minimum atomic E-state index is -3.77. The van der Waals surface area contributed by atoms with Crippen molar-refractivity contribution < 1.29 is 13.3 Å². The number of hydrogen-bond donors (Lipinski definition) is 0. The van der Waals surface area contributed by atoms with Crippen LogP contribution in [0.1, 0.15) is 51.5 Å². The zero-order valence-electron chi connectivity index (χ0n) is 15.9. The van der Waals surface area contributed by atoms with Crippen molar-refractivity contribution in [1.82, 2.24) is 4.31 Å². The summed E-state index contributed by atoms with van der Waals surface area (Å²) in [6, 6.07) is 2.72. The molecule has 1 aliphatic rings. The highest BCUT2D eigenvalue weighted by atomic mass is 32.2. The van der Waals surface area contributed by atoms with Crippen LogP contribution in [0.15, 0.2) is 17.0 Å². The molecule has 0 radical (unpaired) electrons. The van der Waals surface area contributed by atoms with Crippen LogP contribution in [0, 0.1) is 17.0 Å². The number of piperidine rings is 1. The van der Waals surface area contributed by atoms with E-state index in [1.165, 1.54) is 16.4 Å². The number of nitrogens with zero attached hydrogens (tertiary/aromatic N) is 3. The van der Waals surface area contributed by atoms with Crippen molar-refractivity contribution in [2.75, 3.05) is 31.1 Å². The Morgan fingerprint density at radius 2 is 1.69 bits per heavy atom. The third kappa shape index (κ3) is 4.35. The van der Waals surface area contributed by atoms with Crippen molar-refractivity contribution in [3.05, 3.63) is 27.8 Å². The summed E-state index contributed by atoms with van der Waals surface area (Å²) in [5.41, 5.74) is 1.08. The Bertz CT molecular complexity index is 737. The van der Waals surface area contributed by atoms with Crippen LogP contribution in [0.3, 0.4) is 0 Å². The van der Waals surface area contributed by atoms with Gasteiger partial charge in [-0.25, -0.2) is 8.42 Å². The molecule has 0 atom stereocenters. The maximum absolute atomic E-state index is 13.3. The Hall–Kier alpha value is -1.67. The summed E-state index contributed by atoms with van der Waals surface area (Å²) in [7, 11) is -3.77. The quantitative estimate of drug-likeness (QED) is 0.505. The molecule has 2 rings (SSSR count). The van der Waals surface area contributed by atoms with Gasteiger partial charge in [-0.05, 0) is 38.2 Å². The summed E-state index contributed by atoms with van der Waals surface area (Å²) < 4.78 is 28.1. The fraction of sp³-hybridized carbons (Fsp3) is 0.667. The van der Waals surface area contributed by atoms with E-state index in [2.05, 4.69) is 4.90 Å². The number of sulfonamides is 1. The molecule has 1 aliphatic heterocycles. The number of aryl methyl sites for hydroxylation is 1. The summed E-state index contributed by atoms with van der Waals surface area (Å²) >= 11 is 0. The normalized spacial score (nSPS) is 15.8. The topological polar surface area (TPSA) is 83.8 Å². The molecule has 26 heavy (non-hydrogen) atoms. The molecule has 7 nitrogen and oxygen atoms in total. The highest BCUT2D eigenvalue weighted by Gasteiger charge is 2.32. The van der Waals surface area contributed by atoms with Gasteiger partial charge in [-0.15, -0.1) is 0 Å². The molecule has 0 saturated carbocycles. The molecular weight excluding hydrogens is 354 g/mol. The van der Waals surface area contributed by atoms with E-state index in [0.29, 0.717) is 24.3 Å². The number of hydrogen-bond acceptors (Lipinski definition) is 5. The third-order valence-electron chi connectivity index (χ3n) is 4.70. The van der Waals surface area contributed by atoms with Gasteiger partial charge in [-0.1, -0.05) is 20.3 Å². The lowest BCUT2D eigenvalue weighted by Crippen LogP contribution is -2.37. The Morgan fingerprint density at radius 3 is 2.19 bits per heavy atom. The first-order valence-corrected chi connectivity index (χ1v) is 10.8. The molecule has 0 N–H and O–H groups in total. The predicted octanol–water partition coefficient (Wildman–Crippen LogP) is 3.70. The second kappa shape index (κ2) is 8.81. The van der Waals surface area contributed by atoms with Crippen LogP contribution in [0.2, 0.25) is 0 Å². The maximum Gasteiger partial charge on any atom is 0.271 e. The van der Waals surface area contributed by atoms with Gasteiger partial charge in [-0.2, -0.15) is 4.31 Å². The summed E-state index contributed by atoms with van der Waals surface area (Å²) in [6.07, 6.45) is 4.43. The second-order valence-electron chi connectivity index (χ2n) is 6.82. The van der Waals surface area contributed by atoms with E-state index in [4.69, 9.17) is 0 Å². The molecule has 1 fully saturated rings. The monoisotopic (exact) mass is 383 g/mol. The molecule has 0 spiro atoms. The lowest BCUT2D eigenvalue weighted by molar-refractivity contribution is -0.385. The average molecular weight is 384 g/mol. The van der Waals surface area contributed by atoms with Crippen molar-refractivity contribution in [2.24, 2.45) is 0 Å². The van der Waals surface area contributed by atoms with E-state index in [1.807, 2.05) is 13.8 Å². The Labute approximate surface area is 156 Å².